The van der Waals surface area contributed by atoms with Crippen LogP contribution in [0.2, 0.25) is 0 Å². The molecular formula is C23H27F3NO5P. The molecule has 0 N–H and O–H groups in total. The van der Waals surface area contributed by atoms with Gasteiger partial charge in [-0.05, 0) is 43.2 Å². The van der Waals surface area contributed by atoms with Crippen LogP contribution in [0.1, 0.15) is 37.5 Å². The second-order valence-corrected chi connectivity index (χ2v) is 8.83. The first-order chi connectivity index (χ1) is 15.6. The van der Waals surface area contributed by atoms with Gasteiger partial charge in [0.05, 0.1) is 30.6 Å². The van der Waals surface area contributed by atoms with Crippen molar-refractivity contribution in [2.24, 2.45) is 0 Å². The SMILES string of the molecule is CCOP(=O)(OCC)/C(=C\CN(OCc1ccccc1)C(C)=O)c1ccc(C(F)(F)F)cc1. The van der Waals surface area contributed by atoms with Crippen LogP contribution in [0.4, 0.5) is 13.2 Å². The lowest BCUT2D eigenvalue weighted by molar-refractivity contribution is -0.185. The van der Waals surface area contributed by atoms with Crippen LogP contribution in [0.15, 0.2) is 60.7 Å². The summed E-state index contributed by atoms with van der Waals surface area (Å²) in [5, 5.41) is 1.12. The van der Waals surface area contributed by atoms with Crippen molar-refractivity contribution >= 4 is 18.8 Å². The van der Waals surface area contributed by atoms with E-state index in [2.05, 4.69) is 0 Å². The fourth-order valence-electron chi connectivity index (χ4n) is 2.90. The summed E-state index contributed by atoms with van der Waals surface area (Å²) in [5.41, 5.74) is 0.217. The number of hydrogen-bond donors (Lipinski definition) is 0. The third-order valence-corrected chi connectivity index (χ3v) is 6.66. The van der Waals surface area contributed by atoms with Gasteiger partial charge in [0, 0.05) is 6.92 Å². The van der Waals surface area contributed by atoms with Crippen LogP contribution in [-0.2, 0) is 36.0 Å². The Morgan fingerprint density at radius 3 is 2.06 bits per heavy atom. The summed E-state index contributed by atoms with van der Waals surface area (Å²) in [4.78, 5) is 17.7. The van der Waals surface area contributed by atoms with Crippen LogP contribution >= 0.6 is 7.60 Å². The van der Waals surface area contributed by atoms with Gasteiger partial charge in [-0.1, -0.05) is 42.5 Å². The molecule has 0 saturated heterocycles. The Labute approximate surface area is 191 Å². The van der Waals surface area contributed by atoms with Gasteiger partial charge in [0.25, 0.3) is 0 Å². The van der Waals surface area contributed by atoms with E-state index in [1.807, 2.05) is 30.3 Å². The van der Waals surface area contributed by atoms with Crippen molar-refractivity contribution < 1.29 is 36.4 Å². The Balaban J connectivity index is 2.38. The molecule has 0 bridgehead atoms. The van der Waals surface area contributed by atoms with Crippen molar-refractivity contribution in [2.45, 2.75) is 33.6 Å². The van der Waals surface area contributed by atoms with Crippen LogP contribution < -0.4 is 0 Å². The summed E-state index contributed by atoms with van der Waals surface area (Å²) < 4.78 is 63.2. The number of hydroxylamine groups is 2. The van der Waals surface area contributed by atoms with Gasteiger partial charge in [0.15, 0.2) is 0 Å². The third kappa shape index (κ3) is 7.82. The monoisotopic (exact) mass is 485 g/mol. The topological polar surface area (TPSA) is 65.1 Å². The van der Waals surface area contributed by atoms with Gasteiger partial charge in [0.1, 0.15) is 6.61 Å². The van der Waals surface area contributed by atoms with Gasteiger partial charge in [-0.3, -0.25) is 14.2 Å². The summed E-state index contributed by atoms with van der Waals surface area (Å²) in [6.45, 7) is 4.66. The highest BCUT2D eigenvalue weighted by Gasteiger charge is 2.33. The lowest BCUT2D eigenvalue weighted by atomic mass is 10.1. The summed E-state index contributed by atoms with van der Waals surface area (Å²) in [6, 6.07) is 13.4. The molecule has 0 unspecified atom stereocenters. The average molecular weight is 485 g/mol. The molecular weight excluding hydrogens is 458 g/mol. The number of amides is 1. The first-order valence-electron chi connectivity index (χ1n) is 10.3. The van der Waals surface area contributed by atoms with Crippen LogP contribution in [0.25, 0.3) is 5.31 Å². The first-order valence-corrected chi connectivity index (χ1v) is 11.9. The van der Waals surface area contributed by atoms with Crippen molar-refractivity contribution in [3.05, 3.63) is 77.4 Å². The molecule has 2 aromatic rings. The van der Waals surface area contributed by atoms with Crippen molar-refractivity contribution in [1.29, 1.82) is 0 Å². The number of hydrogen-bond acceptors (Lipinski definition) is 5. The minimum absolute atomic E-state index is 0.0504. The van der Waals surface area contributed by atoms with E-state index in [0.717, 1.165) is 22.8 Å². The van der Waals surface area contributed by atoms with Crippen LogP contribution in [0, 0.1) is 0 Å². The average Bonchev–Trinajstić information content (AvgIpc) is 2.76. The summed E-state index contributed by atoms with van der Waals surface area (Å²) in [6.07, 6.45) is -3.09. The predicted octanol–water partition coefficient (Wildman–Crippen LogP) is 6.29. The summed E-state index contributed by atoms with van der Waals surface area (Å²) in [5.74, 6) is -0.406. The van der Waals surface area contributed by atoms with Gasteiger partial charge in [-0.25, -0.2) is 5.06 Å². The van der Waals surface area contributed by atoms with Crippen molar-refractivity contribution in [3.8, 4) is 0 Å². The smallest absolute Gasteiger partial charge is 0.305 e. The zero-order valence-electron chi connectivity index (χ0n) is 18.7. The van der Waals surface area contributed by atoms with Crippen LogP contribution in [0.5, 0.6) is 0 Å². The molecule has 0 fully saturated rings. The quantitative estimate of drug-likeness (QED) is 0.276. The van der Waals surface area contributed by atoms with Gasteiger partial charge in [-0.15, -0.1) is 0 Å². The minimum Gasteiger partial charge on any atom is -0.305 e. The van der Waals surface area contributed by atoms with Crippen LogP contribution in [0.3, 0.4) is 0 Å². The maximum absolute atomic E-state index is 13.5. The molecule has 33 heavy (non-hydrogen) atoms. The van der Waals surface area contributed by atoms with Crippen molar-refractivity contribution in [2.75, 3.05) is 19.8 Å². The highest BCUT2D eigenvalue weighted by Crippen LogP contribution is 2.60. The minimum atomic E-state index is -4.51. The zero-order valence-corrected chi connectivity index (χ0v) is 19.6. The first kappa shape index (κ1) is 26.8. The highest BCUT2D eigenvalue weighted by molar-refractivity contribution is 7.65. The molecule has 0 aliphatic rings. The Kier molecular flexibility index (Phi) is 9.86. The maximum atomic E-state index is 13.5. The van der Waals surface area contributed by atoms with Gasteiger partial charge in [-0.2, -0.15) is 13.2 Å². The predicted molar refractivity (Wildman–Crippen MR) is 119 cm³/mol. The molecule has 0 atom stereocenters. The largest absolute Gasteiger partial charge is 0.416 e. The van der Waals surface area contributed by atoms with E-state index in [9.17, 15) is 22.5 Å². The summed E-state index contributed by atoms with van der Waals surface area (Å²) in [7, 11) is -3.88. The molecule has 10 heteroatoms. The fourth-order valence-corrected chi connectivity index (χ4v) is 4.71. The molecule has 2 rings (SSSR count). The van der Waals surface area contributed by atoms with Crippen LogP contribution in [-0.4, -0.2) is 30.7 Å². The molecule has 0 saturated carbocycles. The number of carbonyl (C=O) groups is 1. The van der Waals surface area contributed by atoms with E-state index in [1.54, 1.807) is 13.8 Å². The van der Waals surface area contributed by atoms with Crippen molar-refractivity contribution in [1.82, 2.24) is 5.06 Å². The molecule has 2 aromatic carbocycles. The van der Waals surface area contributed by atoms with E-state index in [1.165, 1.54) is 25.1 Å². The van der Waals surface area contributed by atoms with E-state index in [4.69, 9.17) is 13.9 Å². The molecule has 0 aliphatic carbocycles. The Morgan fingerprint density at radius 2 is 1.58 bits per heavy atom. The van der Waals surface area contributed by atoms with E-state index in [-0.39, 0.29) is 37.2 Å². The molecule has 1 amide bonds. The summed E-state index contributed by atoms with van der Waals surface area (Å²) >= 11 is 0. The second-order valence-electron chi connectivity index (χ2n) is 6.84. The van der Waals surface area contributed by atoms with E-state index < -0.39 is 25.2 Å². The van der Waals surface area contributed by atoms with Gasteiger partial charge < -0.3 is 9.05 Å². The third-order valence-electron chi connectivity index (χ3n) is 4.43. The molecule has 180 valence electrons. The Morgan fingerprint density at radius 1 is 1.00 bits per heavy atom. The fraction of sp³-hybridized carbons (Fsp3) is 0.348. The van der Waals surface area contributed by atoms with Gasteiger partial charge in [0.2, 0.25) is 5.91 Å². The number of alkyl halides is 3. The Bertz CT molecular complexity index is 968. The van der Waals surface area contributed by atoms with E-state index in [0.29, 0.717) is 0 Å². The number of halogens is 3. The van der Waals surface area contributed by atoms with Crippen molar-refractivity contribution in [3.63, 3.8) is 0 Å². The molecule has 0 aromatic heterocycles. The Hall–Kier alpha value is -2.45. The standard InChI is InChI=1S/C23H27F3NO5P/c1-4-31-33(29,32-5-2)22(20-11-13-21(14-12-20)23(24,25)26)15-16-27(18(3)28)30-17-19-9-7-6-8-10-19/h6-15H,4-5,16-17H2,1-3H3/b22-15-. The number of nitrogens with zero attached hydrogens (tertiary/aromatic N) is 1. The number of benzene rings is 2. The van der Waals surface area contributed by atoms with Gasteiger partial charge >= 0.3 is 13.8 Å². The molecule has 0 heterocycles. The maximum Gasteiger partial charge on any atom is 0.416 e. The molecule has 6 nitrogen and oxygen atoms in total. The lowest BCUT2D eigenvalue weighted by Gasteiger charge is -2.23. The molecule has 0 radical (unpaired) electrons. The second kappa shape index (κ2) is 12.1. The zero-order chi connectivity index (χ0) is 24.5. The van der Waals surface area contributed by atoms with E-state index >= 15 is 0 Å². The highest BCUT2D eigenvalue weighted by atomic mass is 31.2. The number of rotatable bonds is 11. The normalized spacial score (nSPS) is 12.6. The lowest BCUT2D eigenvalue weighted by Crippen LogP contribution is -2.29. The molecule has 0 spiro atoms. The number of carbonyl (C=O) groups excluding carboxylic acids is 1. The molecule has 0 aliphatic heterocycles.